The van der Waals surface area contributed by atoms with E-state index in [1.165, 1.54) is 4.31 Å². The highest BCUT2D eigenvalue weighted by Crippen LogP contribution is 2.22. The van der Waals surface area contributed by atoms with Crippen LogP contribution in [0.4, 0.5) is 0 Å². The molecular weight excluding hydrogens is 272 g/mol. The topological polar surface area (TPSA) is 49.4 Å². The lowest BCUT2D eigenvalue weighted by Gasteiger charge is -2.21. The molecule has 0 radical (unpaired) electrons. The van der Waals surface area contributed by atoms with Crippen molar-refractivity contribution in [3.63, 3.8) is 0 Å². The maximum atomic E-state index is 12.6. The summed E-state index contributed by atoms with van der Waals surface area (Å²) in [5, 5.41) is 3.24. The Hall–Kier alpha value is -0.910. The van der Waals surface area contributed by atoms with Crippen LogP contribution in [-0.4, -0.2) is 32.9 Å². The first kappa shape index (κ1) is 17.1. The van der Waals surface area contributed by atoms with Crippen LogP contribution in [0.25, 0.3) is 0 Å². The van der Waals surface area contributed by atoms with Gasteiger partial charge in [-0.2, -0.15) is 0 Å². The quantitative estimate of drug-likeness (QED) is 0.841. The summed E-state index contributed by atoms with van der Waals surface area (Å²) < 4.78 is 26.7. The molecule has 4 nitrogen and oxygen atoms in total. The third kappa shape index (κ3) is 4.04. The molecule has 1 aromatic rings. The molecule has 0 heterocycles. The second-order valence-corrected chi connectivity index (χ2v) is 7.51. The van der Waals surface area contributed by atoms with Crippen molar-refractivity contribution in [1.82, 2.24) is 9.62 Å². The molecule has 0 saturated heterocycles. The number of sulfonamides is 1. The Morgan fingerprint density at radius 2 is 1.95 bits per heavy atom. The summed E-state index contributed by atoms with van der Waals surface area (Å²) in [5.74, 6) is 0.306. The lowest BCUT2D eigenvalue weighted by Crippen LogP contribution is -2.31. The van der Waals surface area contributed by atoms with E-state index in [4.69, 9.17) is 0 Å². The van der Waals surface area contributed by atoms with Crippen molar-refractivity contribution < 1.29 is 8.42 Å². The van der Waals surface area contributed by atoms with E-state index in [1.54, 1.807) is 13.1 Å². The Bertz CT molecular complexity index is 539. The van der Waals surface area contributed by atoms with Gasteiger partial charge in [0.15, 0.2) is 0 Å². The zero-order valence-electron chi connectivity index (χ0n) is 13.1. The molecule has 0 atom stereocenters. The third-order valence-electron chi connectivity index (χ3n) is 3.27. The van der Waals surface area contributed by atoms with Gasteiger partial charge < -0.3 is 5.32 Å². The summed E-state index contributed by atoms with van der Waals surface area (Å²) in [4.78, 5) is 0.413. The molecule has 0 aliphatic heterocycles. The third-order valence-corrected chi connectivity index (χ3v) is 5.24. The number of nitrogens with one attached hydrogen (secondary N) is 1. The van der Waals surface area contributed by atoms with Crippen molar-refractivity contribution in [2.45, 2.75) is 39.1 Å². The first-order valence-electron chi connectivity index (χ1n) is 7.06. The van der Waals surface area contributed by atoms with E-state index in [2.05, 4.69) is 5.32 Å². The van der Waals surface area contributed by atoms with Gasteiger partial charge in [0.2, 0.25) is 10.0 Å². The molecule has 0 aromatic heterocycles. The van der Waals surface area contributed by atoms with Gasteiger partial charge in [0.1, 0.15) is 0 Å². The molecule has 5 heteroatoms. The molecule has 0 amide bonds. The molecule has 1 N–H and O–H groups in total. The number of rotatable bonds is 7. The van der Waals surface area contributed by atoms with Crippen molar-refractivity contribution in [1.29, 1.82) is 0 Å². The average Bonchev–Trinajstić information content (AvgIpc) is 2.36. The molecule has 0 aliphatic carbocycles. The molecule has 1 rings (SSSR count). The average molecular weight is 298 g/mol. The maximum Gasteiger partial charge on any atom is 0.243 e. The van der Waals surface area contributed by atoms with E-state index in [-0.39, 0.29) is 0 Å². The number of hydrogen-bond donors (Lipinski definition) is 1. The minimum absolute atomic E-state index is 0.306. The molecule has 0 saturated carbocycles. The second-order valence-electron chi connectivity index (χ2n) is 5.50. The van der Waals surface area contributed by atoms with Crippen molar-refractivity contribution in [3.8, 4) is 0 Å². The van der Waals surface area contributed by atoms with Gasteiger partial charge in [-0.1, -0.05) is 32.9 Å². The second kappa shape index (κ2) is 7.20. The van der Waals surface area contributed by atoms with Gasteiger partial charge in [-0.05, 0) is 36.6 Å². The largest absolute Gasteiger partial charge is 0.313 e. The van der Waals surface area contributed by atoms with Gasteiger partial charge in [0.05, 0.1) is 4.90 Å². The van der Waals surface area contributed by atoms with E-state index in [1.807, 2.05) is 39.8 Å². The Kier molecular flexibility index (Phi) is 6.17. The molecular formula is C15H26N2O2S. The molecule has 0 spiro atoms. The SMILES string of the molecule is CCNCc1cccc(S(=O)(=O)N(C)CC(C)C)c1C. The van der Waals surface area contributed by atoms with Crippen LogP contribution in [0, 0.1) is 12.8 Å². The monoisotopic (exact) mass is 298 g/mol. The van der Waals surface area contributed by atoms with E-state index in [9.17, 15) is 8.42 Å². The minimum Gasteiger partial charge on any atom is -0.313 e. The Balaban J connectivity index is 3.12. The van der Waals surface area contributed by atoms with Gasteiger partial charge in [-0.25, -0.2) is 12.7 Å². The van der Waals surface area contributed by atoms with Gasteiger partial charge in [0.25, 0.3) is 0 Å². The molecule has 0 unspecified atom stereocenters. The highest BCUT2D eigenvalue weighted by Gasteiger charge is 2.24. The highest BCUT2D eigenvalue weighted by atomic mass is 32.2. The summed E-state index contributed by atoms with van der Waals surface area (Å²) in [6.45, 7) is 10.0. The van der Waals surface area contributed by atoms with Crippen LogP contribution in [0.1, 0.15) is 31.9 Å². The van der Waals surface area contributed by atoms with Crippen molar-refractivity contribution in [2.75, 3.05) is 20.1 Å². The lowest BCUT2D eigenvalue weighted by atomic mass is 10.1. The number of nitrogens with zero attached hydrogens (tertiary/aromatic N) is 1. The molecule has 0 aliphatic rings. The number of hydrogen-bond acceptors (Lipinski definition) is 3. The van der Waals surface area contributed by atoms with Crippen molar-refractivity contribution >= 4 is 10.0 Å². The van der Waals surface area contributed by atoms with E-state index in [0.29, 0.717) is 23.9 Å². The fourth-order valence-electron chi connectivity index (χ4n) is 2.17. The Morgan fingerprint density at radius 3 is 2.50 bits per heavy atom. The standard InChI is InChI=1S/C15H26N2O2S/c1-6-16-10-14-8-7-9-15(13(14)4)20(18,19)17(5)11-12(2)3/h7-9,12,16H,6,10-11H2,1-5H3. The van der Waals surface area contributed by atoms with Gasteiger partial charge in [0, 0.05) is 20.1 Å². The Morgan fingerprint density at radius 1 is 1.30 bits per heavy atom. The smallest absolute Gasteiger partial charge is 0.243 e. The maximum absolute atomic E-state index is 12.6. The van der Waals surface area contributed by atoms with Crippen LogP contribution in [0.3, 0.4) is 0 Å². The van der Waals surface area contributed by atoms with Crippen LogP contribution in [0.2, 0.25) is 0 Å². The van der Waals surface area contributed by atoms with Crippen LogP contribution < -0.4 is 5.32 Å². The predicted octanol–water partition coefficient (Wildman–Crippen LogP) is 2.38. The van der Waals surface area contributed by atoms with Gasteiger partial charge >= 0.3 is 0 Å². The summed E-state index contributed by atoms with van der Waals surface area (Å²) in [6, 6.07) is 5.48. The van der Waals surface area contributed by atoms with Crippen LogP contribution >= 0.6 is 0 Å². The molecule has 114 valence electrons. The normalized spacial score (nSPS) is 12.3. The first-order valence-corrected chi connectivity index (χ1v) is 8.50. The van der Waals surface area contributed by atoms with Crippen LogP contribution in [0.15, 0.2) is 23.1 Å². The fraction of sp³-hybridized carbons (Fsp3) is 0.600. The van der Waals surface area contributed by atoms with E-state index in [0.717, 1.165) is 17.7 Å². The summed E-state index contributed by atoms with van der Waals surface area (Å²) >= 11 is 0. The highest BCUT2D eigenvalue weighted by molar-refractivity contribution is 7.89. The molecule has 20 heavy (non-hydrogen) atoms. The zero-order chi connectivity index (χ0) is 15.3. The molecule has 0 bridgehead atoms. The molecule has 1 aromatic carbocycles. The van der Waals surface area contributed by atoms with E-state index < -0.39 is 10.0 Å². The summed E-state index contributed by atoms with van der Waals surface area (Å²) in [5.41, 5.74) is 1.87. The van der Waals surface area contributed by atoms with Crippen molar-refractivity contribution in [3.05, 3.63) is 29.3 Å². The summed E-state index contributed by atoms with van der Waals surface area (Å²) in [6.07, 6.45) is 0. The lowest BCUT2D eigenvalue weighted by molar-refractivity contribution is 0.417. The van der Waals surface area contributed by atoms with E-state index >= 15 is 0 Å². The van der Waals surface area contributed by atoms with Gasteiger partial charge in [-0.15, -0.1) is 0 Å². The molecule has 0 fully saturated rings. The zero-order valence-corrected chi connectivity index (χ0v) is 13.9. The van der Waals surface area contributed by atoms with Crippen molar-refractivity contribution in [2.24, 2.45) is 5.92 Å². The first-order chi connectivity index (χ1) is 9.30. The minimum atomic E-state index is -3.41. The number of benzene rings is 1. The van der Waals surface area contributed by atoms with Crippen LogP contribution in [0.5, 0.6) is 0 Å². The Labute approximate surface area is 123 Å². The summed E-state index contributed by atoms with van der Waals surface area (Å²) in [7, 11) is -1.76. The van der Waals surface area contributed by atoms with Crippen LogP contribution in [-0.2, 0) is 16.6 Å². The van der Waals surface area contributed by atoms with Gasteiger partial charge in [-0.3, -0.25) is 0 Å². The predicted molar refractivity (Wildman–Crippen MR) is 83.2 cm³/mol. The fourth-order valence-corrected chi connectivity index (χ4v) is 3.77.